The quantitative estimate of drug-likeness (QED) is 0.451. The summed E-state index contributed by atoms with van der Waals surface area (Å²) in [6, 6.07) is 6.89. The fourth-order valence-electron chi connectivity index (χ4n) is 5.31. The summed E-state index contributed by atoms with van der Waals surface area (Å²) in [5, 5.41) is 8.92. The summed E-state index contributed by atoms with van der Waals surface area (Å²) < 4.78 is 6.64. The summed E-state index contributed by atoms with van der Waals surface area (Å²) in [5.74, 6) is 1.23. The SMILES string of the molecule is CC(C)N1CCC(Oc2cc3c(cc2C2CCN([B]C=O)CC2)CC(C(=O)CC#N)=C3)CC1. The molecule has 0 atom stereocenters. The number of fused-ring (bicyclic) bond motifs is 1. The van der Waals surface area contributed by atoms with Crippen LogP contribution in [-0.2, 0) is 16.0 Å². The Morgan fingerprint density at radius 3 is 2.58 bits per heavy atom. The van der Waals surface area contributed by atoms with E-state index in [1.54, 1.807) is 7.41 Å². The van der Waals surface area contributed by atoms with Crippen molar-refractivity contribution in [2.75, 3.05) is 26.2 Å². The van der Waals surface area contributed by atoms with Gasteiger partial charge in [-0.3, -0.25) is 4.79 Å². The highest BCUT2D eigenvalue weighted by Crippen LogP contribution is 2.40. The van der Waals surface area contributed by atoms with Crippen LogP contribution in [0.2, 0.25) is 0 Å². The van der Waals surface area contributed by atoms with Gasteiger partial charge in [-0.15, -0.1) is 0 Å². The van der Waals surface area contributed by atoms with Gasteiger partial charge in [-0.05, 0) is 87.4 Å². The van der Waals surface area contributed by atoms with E-state index in [-0.39, 0.29) is 18.3 Å². The molecular weight excluding hydrogens is 413 g/mol. The van der Waals surface area contributed by atoms with Crippen molar-refractivity contribution < 1.29 is 14.3 Å². The minimum absolute atomic E-state index is 0.0733. The van der Waals surface area contributed by atoms with Crippen LogP contribution in [0.4, 0.5) is 0 Å². The lowest BCUT2D eigenvalue weighted by Crippen LogP contribution is -2.42. The molecule has 2 saturated heterocycles. The maximum absolute atomic E-state index is 12.3. The lowest BCUT2D eigenvalue weighted by Gasteiger charge is -2.36. The molecule has 1 aromatic rings. The Morgan fingerprint density at radius 2 is 1.94 bits per heavy atom. The van der Waals surface area contributed by atoms with Crippen LogP contribution in [0.1, 0.15) is 68.6 Å². The summed E-state index contributed by atoms with van der Waals surface area (Å²) in [4.78, 5) is 27.8. The van der Waals surface area contributed by atoms with Gasteiger partial charge in [-0.25, -0.2) is 0 Å². The van der Waals surface area contributed by atoms with Gasteiger partial charge >= 0.3 is 0 Å². The molecule has 7 heteroatoms. The van der Waals surface area contributed by atoms with Crippen molar-refractivity contribution in [1.29, 1.82) is 5.26 Å². The van der Waals surface area contributed by atoms with Crippen LogP contribution in [0.5, 0.6) is 5.75 Å². The van der Waals surface area contributed by atoms with E-state index in [2.05, 4.69) is 35.7 Å². The molecule has 1 radical (unpaired) electrons. The number of ketones is 1. The zero-order valence-electron chi connectivity index (χ0n) is 19.8. The predicted octanol–water partition coefficient (Wildman–Crippen LogP) is 3.35. The number of nitrogens with zero attached hydrogens (tertiary/aromatic N) is 3. The minimum atomic E-state index is -0.0866. The molecular formula is C26H33BN3O3. The van der Waals surface area contributed by atoms with E-state index in [1.165, 1.54) is 5.56 Å². The van der Waals surface area contributed by atoms with Crippen molar-refractivity contribution in [3.05, 3.63) is 34.4 Å². The number of piperidine rings is 2. The van der Waals surface area contributed by atoms with Crippen molar-refractivity contribution >= 4 is 25.5 Å². The maximum Gasteiger partial charge on any atom is 0.293 e. The summed E-state index contributed by atoms with van der Waals surface area (Å²) in [6.45, 7) is 8.30. The van der Waals surface area contributed by atoms with Crippen molar-refractivity contribution in [1.82, 2.24) is 9.71 Å². The second-order valence-electron chi connectivity index (χ2n) is 9.74. The van der Waals surface area contributed by atoms with E-state index in [9.17, 15) is 9.59 Å². The number of ether oxygens (including phenoxy) is 1. The Balaban J connectivity index is 1.55. The molecule has 1 aromatic carbocycles. The molecule has 0 bridgehead atoms. The lowest BCUT2D eigenvalue weighted by molar-refractivity contribution is -0.114. The third-order valence-electron chi connectivity index (χ3n) is 7.32. The molecule has 173 valence electrons. The number of allylic oxidation sites excluding steroid dienone is 1. The van der Waals surface area contributed by atoms with Gasteiger partial charge < -0.3 is 19.2 Å². The number of nitriles is 1. The largest absolute Gasteiger partial charge is 0.490 e. The molecule has 0 unspecified atom stereocenters. The maximum atomic E-state index is 12.3. The molecule has 6 nitrogen and oxygen atoms in total. The van der Waals surface area contributed by atoms with Gasteiger partial charge in [-0.1, -0.05) is 6.07 Å². The highest BCUT2D eigenvalue weighted by molar-refractivity contribution is 6.64. The Hall–Kier alpha value is -2.43. The van der Waals surface area contributed by atoms with Crippen LogP contribution in [0, 0.1) is 11.3 Å². The summed E-state index contributed by atoms with van der Waals surface area (Å²) in [6.07, 6.45) is 7.49. The van der Waals surface area contributed by atoms with Crippen molar-refractivity contribution in [2.24, 2.45) is 0 Å². The first kappa shape index (κ1) is 23.7. The molecule has 2 fully saturated rings. The average Bonchev–Trinajstić information content (AvgIpc) is 3.23. The predicted molar refractivity (Wildman–Crippen MR) is 130 cm³/mol. The fourth-order valence-corrected chi connectivity index (χ4v) is 5.31. The number of likely N-dealkylation sites (tertiary alicyclic amines) is 1. The smallest absolute Gasteiger partial charge is 0.293 e. The summed E-state index contributed by atoms with van der Waals surface area (Å²) >= 11 is 0. The Labute approximate surface area is 197 Å². The molecule has 33 heavy (non-hydrogen) atoms. The van der Waals surface area contributed by atoms with E-state index in [4.69, 9.17) is 10.00 Å². The van der Waals surface area contributed by atoms with Crippen LogP contribution < -0.4 is 4.74 Å². The van der Waals surface area contributed by atoms with E-state index in [1.807, 2.05) is 12.1 Å². The molecule has 1 aliphatic carbocycles. The van der Waals surface area contributed by atoms with Crippen LogP contribution in [0.3, 0.4) is 0 Å². The number of carbonyl (C=O) groups excluding carboxylic acids is 2. The molecule has 0 aromatic heterocycles. The monoisotopic (exact) mass is 446 g/mol. The van der Waals surface area contributed by atoms with Gasteiger partial charge in [0.2, 0.25) is 0 Å². The standard InChI is InChI=1S/C26H33BN3O3/c1-18(2)29-9-6-23(7-10-29)33-26-16-21-14-22(25(32)3-8-28)13-20(21)15-24(26)19-4-11-30(12-5-19)27-17-31/h14-19,23H,3-7,9-13H2,1-2H3. The Morgan fingerprint density at radius 1 is 1.21 bits per heavy atom. The number of hydrogen-bond acceptors (Lipinski definition) is 6. The number of hydrogen-bond donors (Lipinski definition) is 0. The summed E-state index contributed by atoms with van der Waals surface area (Å²) in [5.41, 5.74) is 4.14. The van der Waals surface area contributed by atoms with Crippen molar-refractivity contribution in [3.8, 4) is 11.8 Å². The normalized spacial score (nSPS) is 20.2. The summed E-state index contributed by atoms with van der Waals surface area (Å²) in [7, 11) is 1.63. The van der Waals surface area contributed by atoms with Crippen LogP contribution in [-0.4, -0.2) is 67.4 Å². The van der Waals surface area contributed by atoms with Gasteiger partial charge in [0.1, 0.15) is 11.9 Å². The number of benzene rings is 1. The van der Waals surface area contributed by atoms with E-state index in [0.29, 0.717) is 18.4 Å². The van der Waals surface area contributed by atoms with E-state index < -0.39 is 0 Å². The number of rotatable bonds is 8. The average molecular weight is 446 g/mol. The molecule has 2 heterocycles. The van der Waals surface area contributed by atoms with Gasteiger partial charge in [0.15, 0.2) is 5.78 Å². The van der Waals surface area contributed by atoms with E-state index >= 15 is 0 Å². The van der Waals surface area contributed by atoms with E-state index in [0.717, 1.165) is 80.5 Å². The van der Waals surface area contributed by atoms with Crippen LogP contribution in [0.25, 0.3) is 6.08 Å². The number of carbonyl (C=O) groups is 2. The van der Waals surface area contributed by atoms with Crippen LogP contribution in [0.15, 0.2) is 17.7 Å². The number of Topliss-reactive ketones (excluding diaryl/α,β-unsaturated/α-hetero) is 1. The molecule has 0 N–H and O–H groups in total. The zero-order chi connectivity index (χ0) is 23.4. The molecule has 4 rings (SSSR count). The highest BCUT2D eigenvalue weighted by atomic mass is 16.5. The highest BCUT2D eigenvalue weighted by Gasteiger charge is 2.29. The van der Waals surface area contributed by atoms with Crippen molar-refractivity contribution in [2.45, 2.75) is 70.4 Å². The Bertz CT molecular complexity index is 952. The first-order chi connectivity index (χ1) is 16.0. The minimum Gasteiger partial charge on any atom is -0.490 e. The second-order valence-corrected chi connectivity index (χ2v) is 9.74. The topological polar surface area (TPSA) is 73.6 Å². The first-order valence-corrected chi connectivity index (χ1v) is 12.2. The molecule has 3 aliphatic rings. The molecule has 0 saturated carbocycles. The third-order valence-corrected chi connectivity index (χ3v) is 7.32. The Kier molecular flexibility index (Phi) is 7.67. The first-order valence-electron chi connectivity index (χ1n) is 12.2. The van der Waals surface area contributed by atoms with Gasteiger partial charge in [0.25, 0.3) is 7.41 Å². The second kappa shape index (κ2) is 10.7. The van der Waals surface area contributed by atoms with Crippen molar-refractivity contribution in [3.63, 3.8) is 0 Å². The third kappa shape index (κ3) is 5.56. The molecule has 2 aliphatic heterocycles. The molecule has 0 spiro atoms. The molecule has 0 amide bonds. The van der Waals surface area contributed by atoms with Gasteiger partial charge in [-0.2, -0.15) is 5.26 Å². The van der Waals surface area contributed by atoms with Gasteiger partial charge in [0.05, 0.1) is 18.7 Å². The zero-order valence-corrected chi connectivity index (χ0v) is 19.8. The lowest BCUT2D eigenvalue weighted by atomic mass is 9.83. The van der Waals surface area contributed by atoms with Crippen LogP contribution >= 0.6 is 0 Å². The van der Waals surface area contributed by atoms with Gasteiger partial charge in [0, 0.05) is 31.1 Å². The fraction of sp³-hybridized carbons (Fsp3) is 0.577.